The fraction of sp³-hybridized carbons (Fsp3) is 0.375. The minimum Gasteiger partial charge on any atom is -0.493 e. The van der Waals surface area contributed by atoms with E-state index < -0.39 is 5.92 Å². The van der Waals surface area contributed by atoms with Crippen LogP contribution in [0.1, 0.15) is 51.5 Å². The van der Waals surface area contributed by atoms with Gasteiger partial charge >= 0.3 is 0 Å². The van der Waals surface area contributed by atoms with Crippen molar-refractivity contribution in [2.45, 2.75) is 38.3 Å². The molecule has 3 aliphatic rings. The van der Waals surface area contributed by atoms with Crippen LogP contribution in [0.2, 0.25) is 0 Å². The van der Waals surface area contributed by atoms with E-state index in [1.54, 1.807) is 20.3 Å². The lowest BCUT2D eigenvalue weighted by atomic mass is 9.75. The van der Waals surface area contributed by atoms with Gasteiger partial charge in [-0.2, -0.15) is 0 Å². The van der Waals surface area contributed by atoms with Crippen LogP contribution in [0.4, 0.5) is 5.69 Å². The molecule has 7 nitrogen and oxygen atoms in total. The molecule has 202 valence electrons. The van der Waals surface area contributed by atoms with E-state index in [4.69, 9.17) is 9.47 Å². The summed E-state index contributed by atoms with van der Waals surface area (Å²) >= 11 is 0. The number of fused-ring (bicyclic) bond motifs is 4. The standard InChI is InChI=1S/C32H35N3O4/c1-20-8-7-10-23(16-20)34-15-14-33(19-21(34)2)32(37)29-25-17-27(38-3)28(39-4)18-26(25)31(36)35-13-12-22-9-5-6-11-24(22)30(29)35/h5-11,16-18,21,29-30H,12-15,19H2,1-4H3. The molecule has 0 saturated carbocycles. The fourth-order valence-electron chi connectivity index (χ4n) is 6.66. The molecular weight excluding hydrogens is 490 g/mol. The summed E-state index contributed by atoms with van der Waals surface area (Å²) in [5.41, 5.74) is 5.91. The highest BCUT2D eigenvalue weighted by atomic mass is 16.5. The summed E-state index contributed by atoms with van der Waals surface area (Å²) in [4.78, 5) is 34.7. The highest BCUT2D eigenvalue weighted by Crippen LogP contribution is 2.49. The number of hydrogen-bond donors (Lipinski definition) is 0. The second-order valence-corrected chi connectivity index (χ2v) is 10.8. The second-order valence-electron chi connectivity index (χ2n) is 10.8. The van der Waals surface area contributed by atoms with Gasteiger partial charge in [-0.15, -0.1) is 0 Å². The van der Waals surface area contributed by atoms with Crippen LogP contribution in [0, 0.1) is 6.92 Å². The van der Waals surface area contributed by atoms with Crippen LogP contribution < -0.4 is 14.4 Å². The molecule has 3 heterocycles. The van der Waals surface area contributed by atoms with Crippen LogP contribution in [0.15, 0.2) is 60.7 Å². The molecular formula is C32H35N3O4. The zero-order valence-electron chi connectivity index (χ0n) is 23.0. The summed E-state index contributed by atoms with van der Waals surface area (Å²) in [6, 6.07) is 20.1. The molecule has 3 atom stereocenters. The van der Waals surface area contributed by atoms with Crippen molar-refractivity contribution in [1.82, 2.24) is 9.80 Å². The maximum absolute atomic E-state index is 14.6. The van der Waals surface area contributed by atoms with E-state index in [-0.39, 0.29) is 23.9 Å². The molecule has 7 heteroatoms. The summed E-state index contributed by atoms with van der Waals surface area (Å²) in [5.74, 6) is 0.478. The third-order valence-corrected chi connectivity index (χ3v) is 8.57. The molecule has 0 N–H and O–H groups in total. The van der Waals surface area contributed by atoms with Gasteiger partial charge in [0.1, 0.15) is 0 Å². The molecule has 0 aliphatic carbocycles. The number of amides is 2. The maximum atomic E-state index is 14.6. The van der Waals surface area contributed by atoms with Gasteiger partial charge in [-0.05, 0) is 66.8 Å². The van der Waals surface area contributed by atoms with Gasteiger partial charge in [0.2, 0.25) is 5.91 Å². The monoisotopic (exact) mass is 525 g/mol. The molecule has 0 spiro atoms. The van der Waals surface area contributed by atoms with Gasteiger partial charge in [-0.25, -0.2) is 0 Å². The Morgan fingerprint density at radius 3 is 2.38 bits per heavy atom. The van der Waals surface area contributed by atoms with Gasteiger partial charge in [0.15, 0.2) is 11.5 Å². The lowest BCUT2D eigenvalue weighted by Gasteiger charge is -2.48. The first-order valence-corrected chi connectivity index (χ1v) is 13.7. The quantitative estimate of drug-likeness (QED) is 0.499. The van der Waals surface area contributed by atoms with E-state index in [2.05, 4.69) is 55.1 Å². The Labute approximate surface area is 229 Å². The van der Waals surface area contributed by atoms with E-state index in [1.807, 2.05) is 28.0 Å². The van der Waals surface area contributed by atoms with E-state index in [0.717, 1.165) is 24.1 Å². The van der Waals surface area contributed by atoms with Crippen molar-refractivity contribution in [3.05, 3.63) is 88.5 Å². The third-order valence-electron chi connectivity index (χ3n) is 8.57. The number of rotatable bonds is 4. The van der Waals surface area contributed by atoms with Gasteiger partial charge in [0.25, 0.3) is 5.91 Å². The molecule has 39 heavy (non-hydrogen) atoms. The summed E-state index contributed by atoms with van der Waals surface area (Å²) in [5, 5.41) is 0. The number of carbonyl (C=O) groups is 2. The van der Waals surface area contributed by atoms with Gasteiger partial charge in [0, 0.05) is 43.5 Å². The van der Waals surface area contributed by atoms with Crippen molar-refractivity contribution in [2.24, 2.45) is 0 Å². The highest BCUT2D eigenvalue weighted by molar-refractivity contribution is 6.02. The predicted molar refractivity (Wildman–Crippen MR) is 151 cm³/mol. The number of piperazine rings is 1. The Kier molecular flexibility index (Phi) is 6.45. The Bertz CT molecular complexity index is 1440. The Morgan fingerprint density at radius 1 is 0.872 bits per heavy atom. The molecule has 1 saturated heterocycles. The number of anilines is 1. The molecule has 0 bridgehead atoms. The zero-order chi connectivity index (χ0) is 27.3. The molecule has 6 rings (SSSR count). The number of benzene rings is 3. The number of nitrogens with zero attached hydrogens (tertiary/aromatic N) is 3. The predicted octanol–water partition coefficient (Wildman–Crippen LogP) is 4.59. The second kappa shape index (κ2) is 9.95. The van der Waals surface area contributed by atoms with E-state index in [9.17, 15) is 9.59 Å². The molecule has 0 aromatic heterocycles. The van der Waals surface area contributed by atoms with Crippen LogP contribution in [-0.2, 0) is 11.2 Å². The largest absolute Gasteiger partial charge is 0.493 e. The Morgan fingerprint density at radius 2 is 1.64 bits per heavy atom. The molecule has 1 fully saturated rings. The van der Waals surface area contributed by atoms with Crippen LogP contribution in [0.25, 0.3) is 0 Å². The van der Waals surface area contributed by atoms with Crippen molar-refractivity contribution in [1.29, 1.82) is 0 Å². The summed E-state index contributed by atoms with van der Waals surface area (Å²) in [7, 11) is 3.15. The topological polar surface area (TPSA) is 62.3 Å². The number of methoxy groups -OCH3 is 2. The first-order chi connectivity index (χ1) is 18.9. The van der Waals surface area contributed by atoms with Crippen LogP contribution >= 0.6 is 0 Å². The number of carbonyl (C=O) groups excluding carboxylic acids is 2. The normalized spacial score (nSPS) is 22.1. The highest BCUT2D eigenvalue weighted by Gasteiger charge is 2.48. The van der Waals surface area contributed by atoms with Crippen LogP contribution in [0.3, 0.4) is 0 Å². The van der Waals surface area contributed by atoms with Crippen molar-refractivity contribution in [3.8, 4) is 11.5 Å². The molecule has 2 amide bonds. The van der Waals surface area contributed by atoms with E-state index >= 15 is 0 Å². The summed E-state index contributed by atoms with van der Waals surface area (Å²) in [6.45, 7) is 6.86. The minimum atomic E-state index is -0.531. The average Bonchev–Trinajstić information content (AvgIpc) is 2.96. The van der Waals surface area contributed by atoms with E-state index in [0.29, 0.717) is 36.7 Å². The smallest absolute Gasteiger partial charge is 0.254 e. The number of aryl methyl sites for hydroxylation is 1. The molecule has 0 radical (unpaired) electrons. The first kappa shape index (κ1) is 25.3. The Hall–Kier alpha value is -4.00. The van der Waals surface area contributed by atoms with Crippen LogP contribution in [0.5, 0.6) is 11.5 Å². The lowest BCUT2D eigenvalue weighted by molar-refractivity contribution is -0.135. The maximum Gasteiger partial charge on any atom is 0.254 e. The summed E-state index contributed by atoms with van der Waals surface area (Å²) < 4.78 is 11.2. The van der Waals surface area contributed by atoms with Crippen molar-refractivity contribution in [3.63, 3.8) is 0 Å². The molecule has 3 aromatic carbocycles. The first-order valence-electron chi connectivity index (χ1n) is 13.7. The van der Waals surface area contributed by atoms with Gasteiger partial charge in [0.05, 0.1) is 26.2 Å². The molecule has 3 aromatic rings. The van der Waals surface area contributed by atoms with Gasteiger partial charge < -0.3 is 24.2 Å². The zero-order valence-corrected chi connectivity index (χ0v) is 23.0. The Balaban J connectivity index is 1.41. The SMILES string of the molecule is COc1cc2c(cc1OC)C(C(=O)N1CCN(c3cccc(C)c3)C(C)C1)C1c3ccccc3CCN1C2=O. The van der Waals surface area contributed by atoms with Gasteiger partial charge in [-0.1, -0.05) is 36.4 Å². The van der Waals surface area contributed by atoms with E-state index in [1.165, 1.54) is 16.8 Å². The van der Waals surface area contributed by atoms with Crippen molar-refractivity contribution < 1.29 is 19.1 Å². The summed E-state index contributed by atoms with van der Waals surface area (Å²) in [6.07, 6.45) is 0.772. The minimum absolute atomic E-state index is 0.0541. The van der Waals surface area contributed by atoms with Crippen LogP contribution in [-0.4, -0.2) is 68.1 Å². The third kappa shape index (κ3) is 4.20. The molecule has 3 aliphatic heterocycles. The fourth-order valence-corrected chi connectivity index (χ4v) is 6.66. The van der Waals surface area contributed by atoms with Crippen molar-refractivity contribution >= 4 is 17.5 Å². The number of ether oxygens (including phenoxy) is 2. The average molecular weight is 526 g/mol. The van der Waals surface area contributed by atoms with Gasteiger partial charge in [-0.3, -0.25) is 9.59 Å². The molecule has 3 unspecified atom stereocenters. The number of hydrogen-bond acceptors (Lipinski definition) is 5. The van der Waals surface area contributed by atoms with Crippen molar-refractivity contribution in [2.75, 3.05) is 45.3 Å². The lowest BCUT2D eigenvalue weighted by Crippen LogP contribution is -2.57.